The second kappa shape index (κ2) is 4.84. The van der Waals surface area contributed by atoms with E-state index >= 15 is 0 Å². The van der Waals surface area contributed by atoms with Gasteiger partial charge in [0.2, 0.25) is 0 Å². The van der Waals surface area contributed by atoms with Crippen LogP contribution in [0.1, 0.15) is 32.1 Å². The Bertz CT molecular complexity index is 263. The molecule has 2 rings (SSSR count). The number of thioether (sulfide) groups is 1. The maximum Gasteiger partial charge on any atom is 0.165 e. The molecule has 0 bridgehead atoms. The van der Waals surface area contributed by atoms with Crippen molar-refractivity contribution in [3.63, 3.8) is 0 Å². The molecular weight excluding hydrogens is 196 g/mol. The van der Waals surface area contributed by atoms with Gasteiger partial charge in [-0.2, -0.15) is 0 Å². The lowest BCUT2D eigenvalue weighted by molar-refractivity contribution is 0.163. The standard InChI is InChI=1S/C10H16N2OS/c13-8-4-2-1-3-5-9(8)14-10-11-6-7-12-10/h6-9,13H,1-5H2,(H,11,12). The molecule has 1 aliphatic rings. The average molecular weight is 212 g/mol. The third kappa shape index (κ3) is 2.51. The van der Waals surface area contributed by atoms with Crippen LogP contribution in [0.25, 0.3) is 0 Å². The molecule has 1 fully saturated rings. The van der Waals surface area contributed by atoms with Gasteiger partial charge < -0.3 is 10.1 Å². The van der Waals surface area contributed by atoms with Gasteiger partial charge in [0.15, 0.2) is 5.16 Å². The van der Waals surface area contributed by atoms with Gasteiger partial charge in [0, 0.05) is 17.6 Å². The molecule has 0 radical (unpaired) electrons. The van der Waals surface area contributed by atoms with Crippen LogP contribution >= 0.6 is 11.8 Å². The highest BCUT2D eigenvalue weighted by molar-refractivity contribution is 7.99. The summed E-state index contributed by atoms with van der Waals surface area (Å²) in [7, 11) is 0. The molecule has 0 saturated heterocycles. The summed E-state index contributed by atoms with van der Waals surface area (Å²) in [6, 6.07) is 0. The maximum absolute atomic E-state index is 9.89. The molecule has 1 heterocycles. The van der Waals surface area contributed by atoms with Gasteiger partial charge >= 0.3 is 0 Å². The molecule has 2 N–H and O–H groups in total. The highest BCUT2D eigenvalue weighted by Crippen LogP contribution is 2.31. The molecule has 1 aliphatic carbocycles. The summed E-state index contributed by atoms with van der Waals surface area (Å²) < 4.78 is 0. The normalized spacial score (nSPS) is 28.6. The van der Waals surface area contributed by atoms with Crippen LogP contribution in [0.15, 0.2) is 17.6 Å². The molecule has 78 valence electrons. The lowest BCUT2D eigenvalue weighted by atomic mass is 10.1. The molecule has 2 atom stereocenters. The van der Waals surface area contributed by atoms with Gasteiger partial charge in [-0.3, -0.25) is 0 Å². The number of aromatic nitrogens is 2. The van der Waals surface area contributed by atoms with Crippen LogP contribution in [-0.4, -0.2) is 26.4 Å². The SMILES string of the molecule is OC1CCCCCC1Sc1ncc[nH]1. The number of hydrogen-bond acceptors (Lipinski definition) is 3. The van der Waals surface area contributed by atoms with Crippen molar-refractivity contribution >= 4 is 11.8 Å². The number of imidazole rings is 1. The van der Waals surface area contributed by atoms with E-state index in [0.717, 1.165) is 24.4 Å². The summed E-state index contributed by atoms with van der Waals surface area (Å²) in [5.74, 6) is 0. The number of H-pyrrole nitrogens is 1. The van der Waals surface area contributed by atoms with E-state index in [2.05, 4.69) is 9.97 Å². The third-order valence-electron chi connectivity index (χ3n) is 2.65. The topological polar surface area (TPSA) is 48.9 Å². The summed E-state index contributed by atoms with van der Waals surface area (Å²) in [4.78, 5) is 7.24. The van der Waals surface area contributed by atoms with Crippen molar-refractivity contribution in [3.8, 4) is 0 Å². The number of nitrogens with zero attached hydrogens (tertiary/aromatic N) is 1. The van der Waals surface area contributed by atoms with E-state index in [0.29, 0.717) is 5.25 Å². The Morgan fingerprint density at radius 2 is 2.21 bits per heavy atom. The first-order valence-electron chi connectivity index (χ1n) is 5.20. The van der Waals surface area contributed by atoms with Crippen LogP contribution in [0, 0.1) is 0 Å². The zero-order valence-electron chi connectivity index (χ0n) is 8.15. The second-order valence-corrected chi connectivity index (χ2v) is 4.98. The number of aliphatic hydroxyl groups excluding tert-OH is 1. The van der Waals surface area contributed by atoms with Gasteiger partial charge in [0.25, 0.3) is 0 Å². The zero-order chi connectivity index (χ0) is 9.80. The van der Waals surface area contributed by atoms with Crippen LogP contribution in [0.5, 0.6) is 0 Å². The number of rotatable bonds is 2. The van der Waals surface area contributed by atoms with Gasteiger partial charge in [-0.25, -0.2) is 4.98 Å². The zero-order valence-corrected chi connectivity index (χ0v) is 8.96. The summed E-state index contributed by atoms with van der Waals surface area (Å²) >= 11 is 1.68. The Hall–Kier alpha value is -0.480. The van der Waals surface area contributed by atoms with Crippen LogP contribution < -0.4 is 0 Å². The number of nitrogens with one attached hydrogen (secondary N) is 1. The predicted octanol–water partition coefficient (Wildman–Crippen LogP) is 2.20. The molecule has 2 unspecified atom stereocenters. The van der Waals surface area contributed by atoms with E-state index in [1.807, 2.05) is 6.20 Å². The van der Waals surface area contributed by atoms with Crippen molar-refractivity contribution in [1.82, 2.24) is 9.97 Å². The Morgan fingerprint density at radius 3 is 3.00 bits per heavy atom. The van der Waals surface area contributed by atoms with Crippen molar-refractivity contribution in [2.75, 3.05) is 0 Å². The van der Waals surface area contributed by atoms with Crippen molar-refractivity contribution in [2.24, 2.45) is 0 Å². The summed E-state index contributed by atoms with van der Waals surface area (Å²) in [6.07, 6.45) is 9.12. The monoisotopic (exact) mass is 212 g/mol. The van der Waals surface area contributed by atoms with E-state index in [1.165, 1.54) is 12.8 Å². The first-order chi connectivity index (χ1) is 6.86. The largest absolute Gasteiger partial charge is 0.392 e. The molecule has 1 saturated carbocycles. The van der Waals surface area contributed by atoms with Crippen molar-refractivity contribution in [2.45, 2.75) is 48.6 Å². The van der Waals surface area contributed by atoms with Gasteiger partial charge in [0.1, 0.15) is 0 Å². The lowest BCUT2D eigenvalue weighted by Gasteiger charge is -2.17. The van der Waals surface area contributed by atoms with E-state index in [1.54, 1.807) is 18.0 Å². The lowest BCUT2D eigenvalue weighted by Crippen LogP contribution is -2.21. The van der Waals surface area contributed by atoms with Gasteiger partial charge in [-0.15, -0.1) is 0 Å². The highest BCUT2D eigenvalue weighted by Gasteiger charge is 2.23. The predicted molar refractivity (Wildman–Crippen MR) is 57.3 cm³/mol. The summed E-state index contributed by atoms with van der Waals surface area (Å²) in [6.45, 7) is 0. The van der Waals surface area contributed by atoms with E-state index < -0.39 is 0 Å². The molecule has 0 spiro atoms. The number of aromatic amines is 1. The fourth-order valence-corrected chi connectivity index (χ4v) is 2.97. The molecule has 0 aliphatic heterocycles. The van der Waals surface area contributed by atoms with E-state index in [9.17, 15) is 5.11 Å². The molecule has 3 nitrogen and oxygen atoms in total. The van der Waals surface area contributed by atoms with E-state index in [4.69, 9.17) is 0 Å². The molecule has 1 aromatic heterocycles. The van der Waals surface area contributed by atoms with Crippen molar-refractivity contribution in [3.05, 3.63) is 12.4 Å². The molecule has 1 aromatic rings. The fraction of sp³-hybridized carbons (Fsp3) is 0.700. The summed E-state index contributed by atoms with van der Waals surface area (Å²) in [5, 5.41) is 11.1. The Balaban J connectivity index is 1.94. The Labute approximate surface area is 88.3 Å². The first-order valence-corrected chi connectivity index (χ1v) is 6.08. The second-order valence-electron chi connectivity index (χ2n) is 3.76. The Morgan fingerprint density at radius 1 is 1.36 bits per heavy atom. The molecular formula is C10H16N2OS. The molecule has 14 heavy (non-hydrogen) atoms. The smallest absolute Gasteiger partial charge is 0.165 e. The van der Waals surface area contributed by atoms with Gasteiger partial charge in [-0.05, 0) is 12.8 Å². The number of aliphatic hydroxyl groups is 1. The fourth-order valence-electron chi connectivity index (χ4n) is 1.85. The minimum Gasteiger partial charge on any atom is -0.392 e. The quantitative estimate of drug-likeness (QED) is 0.739. The van der Waals surface area contributed by atoms with Crippen LogP contribution in [0.2, 0.25) is 0 Å². The average Bonchev–Trinajstić information content (AvgIpc) is 2.60. The third-order valence-corrected chi connectivity index (χ3v) is 3.95. The molecule has 4 heteroatoms. The van der Waals surface area contributed by atoms with Gasteiger partial charge in [0.05, 0.1) is 6.10 Å². The first kappa shape index (κ1) is 10.1. The highest BCUT2D eigenvalue weighted by atomic mass is 32.2. The minimum atomic E-state index is -0.160. The van der Waals surface area contributed by atoms with Crippen molar-refractivity contribution < 1.29 is 5.11 Å². The van der Waals surface area contributed by atoms with Gasteiger partial charge in [-0.1, -0.05) is 31.0 Å². The molecule has 0 amide bonds. The van der Waals surface area contributed by atoms with Crippen LogP contribution in [0.4, 0.5) is 0 Å². The van der Waals surface area contributed by atoms with Crippen LogP contribution in [0.3, 0.4) is 0 Å². The minimum absolute atomic E-state index is 0.160. The van der Waals surface area contributed by atoms with Crippen LogP contribution in [-0.2, 0) is 0 Å². The van der Waals surface area contributed by atoms with Crippen molar-refractivity contribution in [1.29, 1.82) is 0 Å². The maximum atomic E-state index is 9.89. The van der Waals surface area contributed by atoms with E-state index in [-0.39, 0.29) is 6.10 Å². The molecule has 0 aromatic carbocycles. The Kier molecular flexibility index (Phi) is 3.48. The number of hydrogen-bond donors (Lipinski definition) is 2. The summed E-state index contributed by atoms with van der Waals surface area (Å²) in [5.41, 5.74) is 0.